The van der Waals surface area contributed by atoms with E-state index in [0.717, 1.165) is 63.8 Å². The Kier molecular flexibility index (Phi) is 9.87. The first-order chi connectivity index (χ1) is 18.0. The molecular weight excluding hydrogens is 464 g/mol. The van der Waals surface area contributed by atoms with Gasteiger partial charge in [0.25, 0.3) is 0 Å². The van der Waals surface area contributed by atoms with E-state index in [1.807, 2.05) is 11.0 Å². The summed E-state index contributed by atoms with van der Waals surface area (Å²) >= 11 is 0. The predicted molar refractivity (Wildman–Crippen MR) is 148 cm³/mol. The fourth-order valence-electron chi connectivity index (χ4n) is 5.49. The van der Waals surface area contributed by atoms with Crippen molar-refractivity contribution in [2.45, 2.75) is 82.8 Å². The molecule has 2 fully saturated rings. The van der Waals surface area contributed by atoms with Crippen molar-refractivity contribution in [1.29, 1.82) is 0 Å². The molecule has 2 N–H and O–H groups in total. The Labute approximate surface area is 222 Å². The molecule has 0 radical (unpaired) electrons. The highest BCUT2D eigenvalue weighted by Gasteiger charge is 2.36. The summed E-state index contributed by atoms with van der Waals surface area (Å²) in [5.41, 5.74) is 5.86. The van der Waals surface area contributed by atoms with Crippen molar-refractivity contribution in [1.82, 2.24) is 10.2 Å². The van der Waals surface area contributed by atoms with Gasteiger partial charge in [0.2, 0.25) is 0 Å². The van der Waals surface area contributed by atoms with E-state index in [4.69, 9.17) is 9.47 Å². The van der Waals surface area contributed by atoms with Gasteiger partial charge in [-0.1, -0.05) is 36.8 Å². The van der Waals surface area contributed by atoms with Crippen molar-refractivity contribution in [3.05, 3.63) is 64.9 Å². The van der Waals surface area contributed by atoms with E-state index in [0.29, 0.717) is 18.2 Å². The van der Waals surface area contributed by atoms with Gasteiger partial charge in [0.1, 0.15) is 11.8 Å². The summed E-state index contributed by atoms with van der Waals surface area (Å²) in [6, 6.07) is 5.35. The number of likely N-dealkylation sites (tertiary alicyclic amines) is 1. The molecule has 1 aliphatic carbocycles. The highest BCUT2D eigenvalue weighted by Crippen LogP contribution is 2.43. The molecule has 4 rings (SSSR count). The molecule has 0 spiro atoms. The van der Waals surface area contributed by atoms with Gasteiger partial charge < -0.3 is 19.9 Å². The Morgan fingerprint density at radius 3 is 2.84 bits per heavy atom. The van der Waals surface area contributed by atoms with Gasteiger partial charge in [-0.3, -0.25) is 9.69 Å². The van der Waals surface area contributed by atoms with E-state index in [1.165, 1.54) is 41.7 Å². The maximum Gasteiger partial charge on any atom is 0.325 e. The lowest BCUT2D eigenvalue weighted by molar-refractivity contribution is -0.143. The summed E-state index contributed by atoms with van der Waals surface area (Å²) in [5.74, 6) is 0.393. The average molecular weight is 509 g/mol. The summed E-state index contributed by atoms with van der Waals surface area (Å²) in [6.07, 6.45) is 14.3. The summed E-state index contributed by atoms with van der Waals surface area (Å²) in [6.45, 7) is 9.52. The second-order valence-electron chi connectivity index (χ2n) is 10.8. The number of carboxylic acids is 1. The van der Waals surface area contributed by atoms with Crippen molar-refractivity contribution >= 4 is 5.97 Å². The molecule has 1 aromatic carbocycles. The fourth-order valence-corrected chi connectivity index (χ4v) is 5.49. The molecule has 1 saturated carbocycles. The predicted octanol–water partition coefficient (Wildman–Crippen LogP) is 6.12. The van der Waals surface area contributed by atoms with E-state index in [1.54, 1.807) is 7.11 Å². The van der Waals surface area contributed by atoms with Gasteiger partial charge in [-0.15, -0.1) is 0 Å². The van der Waals surface area contributed by atoms with Crippen LogP contribution in [0.1, 0.15) is 87.8 Å². The zero-order valence-electron chi connectivity index (χ0n) is 22.6. The Hall–Kier alpha value is -2.57. The number of hydrogen-bond donors (Lipinski definition) is 2. The summed E-state index contributed by atoms with van der Waals surface area (Å²) in [7, 11) is 1.61. The zero-order valence-corrected chi connectivity index (χ0v) is 22.6. The molecule has 1 aromatic rings. The van der Waals surface area contributed by atoms with Gasteiger partial charge in [0.15, 0.2) is 0 Å². The van der Waals surface area contributed by atoms with Gasteiger partial charge in [-0.2, -0.15) is 0 Å². The van der Waals surface area contributed by atoms with Gasteiger partial charge in [0, 0.05) is 37.5 Å². The second kappa shape index (κ2) is 13.3. The number of allylic oxidation sites excluding steroid dienone is 5. The van der Waals surface area contributed by atoms with Crippen LogP contribution in [0.2, 0.25) is 0 Å². The first-order valence-corrected chi connectivity index (χ1v) is 14.0. The van der Waals surface area contributed by atoms with Crippen LogP contribution in [0.15, 0.2) is 53.8 Å². The molecule has 3 aliphatic rings. The standard InChI is InChI=1S/C31H44N2O4/c1-22(10-11-24-9-7-17-32-23(24)2)8-5-4-6-19-37-27-16-18-33(21-27)30(31(34)35)28-20-26(25-12-13-25)14-15-29(28)36-3/h10-11,14-15,20,25,27,30,32H,1,4-9,12-13,16-19,21H2,2-3H3,(H,34,35)/b11-10-/t27-,30?/m1/s1. The summed E-state index contributed by atoms with van der Waals surface area (Å²) < 4.78 is 11.7. The second-order valence-corrected chi connectivity index (χ2v) is 10.8. The minimum atomic E-state index is -0.827. The Balaban J connectivity index is 1.18. The number of nitrogens with one attached hydrogen (secondary N) is 1. The van der Waals surface area contributed by atoms with Crippen molar-refractivity contribution in [2.75, 3.05) is 33.4 Å². The molecule has 2 atom stereocenters. The smallest absolute Gasteiger partial charge is 0.325 e. The maximum absolute atomic E-state index is 12.3. The normalized spacial score (nSPS) is 21.3. The number of carbonyl (C=O) groups is 1. The van der Waals surface area contributed by atoms with Crippen LogP contribution in [-0.4, -0.2) is 55.4 Å². The molecule has 0 amide bonds. The van der Waals surface area contributed by atoms with Crippen LogP contribution in [0.25, 0.3) is 0 Å². The Bertz CT molecular complexity index is 1010. The van der Waals surface area contributed by atoms with Gasteiger partial charge in [-0.25, -0.2) is 0 Å². The Morgan fingerprint density at radius 1 is 1.27 bits per heavy atom. The number of benzene rings is 1. The lowest BCUT2D eigenvalue weighted by Gasteiger charge is -2.26. The van der Waals surface area contributed by atoms with Crippen LogP contribution in [0, 0.1) is 0 Å². The number of nitrogens with zero attached hydrogens (tertiary/aromatic N) is 1. The third-order valence-electron chi connectivity index (χ3n) is 7.88. The van der Waals surface area contributed by atoms with Crippen LogP contribution >= 0.6 is 0 Å². The minimum Gasteiger partial charge on any atom is -0.496 e. The van der Waals surface area contributed by atoms with E-state index < -0.39 is 12.0 Å². The number of ether oxygens (including phenoxy) is 2. The van der Waals surface area contributed by atoms with E-state index in [-0.39, 0.29) is 6.10 Å². The molecule has 2 aliphatic heterocycles. The number of aliphatic carboxylic acids is 1. The largest absolute Gasteiger partial charge is 0.496 e. The highest BCUT2D eigenvalue weighted by molar-refractivity contribution is 5.77. The molecular formula is C31H44N2O4. The molecule has 2 heterocycles. The topological polar surface area (TPSA) is 71.0 Å². The number of unbranched alkanes of at least 4 members (excludes halogenated alkanes) is 2. The molecule has 37 heavy (non-hydrogen) atoms. The van der Waals surface area contributed by atoms with Crippen molar-refractivity contribution in [3.8, 4) is 5.75 Å². The van der Waals surface area contributed by atoms with Gasteiger partial charge >= 0.3 is 5.97 Å². The van der Waals surface area contributed by atoms with E-state index in [2.05, 4.69) is 43.1 Å². The van der Waals surface area contributed by atoms with Crippen LogP contribution in [0.4, 0.5) is 0 Å². The molecule has 1 unspecified atom stereocenters. The monoisotopic (exact) mass is 508 g/mol. The molecule has 0 bridgehead atoms. The first-order valence-electron chi connectivity index (χ1n) is 14.0. The fraction of sp³-hybridized carbons (Fsp3) is 0.581. The van der Waals surface area contributed by atoms with Gasteiger partial charge in [-0.05, 0) is 87.5 Å². The Morgan fingerprint density at radius 2 is 2.11 bits per heavy atom. The van der Waals surface area contributed by atoms with Crippen molar-refractivity contribution in [2.24, 2.45) is 0 Å². The molecule has 1 saturated heterocycles. The van der Waals surface area contributed by atoms with Crippen LogP contribution in [-0.2, 0) is 9.53 Å². The molecule has 0 aromatic heterocycles. The van der Waals surface area contributed by atoms with Crippen LogP contribution in [0.3, 0.4) is 0 Å². The average Bonchev–Trinajstić information content (AvgIpc) is 3.64. The number of hydrogen-bond acceptors (Lipinski definition) is 5. The number of rotatable bonds is 14. The molecule has 6 heteroatoms. The highest BCUT2D eigenvalue weighted by atomic mass is 16.5. The van der Waals surface area contributed by atoms with E-state index >= 15 is 0 Å². The van der Waals surface area contributed by atoms with Crippen molar-refractivity contribution in [3.63, 3.8) is 0 Å². The quantitative estimate of drug-likeness (QED) is 0.233. The number of methoxy groups -OCH3 is 1. The van der Waals surface area contributed by atoms with Crippen LogP contribution < -0.4 is 10.1 Å². The lowest BCUT2D eigenvalue weighted by atomic mass is 9.99. The zero-order chi connectivity index (χ0) is 26.2. The van der Waals surface area contributed by atoms with Gasteiger partial charge in [0.05, 0.1) is 13.2 Å². The molecule has 202 valence electrons. The summed E-state index contributed by atoms with van der Waals surface area (Å²) in [4.78, 5) is 14.4. The lowest BCUT2D eigenvalue weighted by Crippen LogP contribution is -2.33. The summed E-state index contributed by atoms with van der Waals surface area (Å²) in [5, 5.41) is 13.6. The maximum atomic E-state index is 12.3. The third-order valence-corrected chi connectivity index (χ3v) is 7.88. The minimum absolute atomic E-state index is 0.0815. The van der Waals surface area contributed by atoms with Crippen molar-refractivity contribution < 1.29 is 19.4 Å². The van der Waals surface area contributed by atoms with Crippen LogP contribution in [0.5, 0.6) is 5.75 Å². The first kappa shape index (κ1) is 27.5. The number of carboxylic acid groups (broad SMARTS) is 1. The SMILES string of the molecule is C=C(/C=C\C1=C(C)NCCC1)CCCCCO[C@@H]1CCN(C(C(=O)O)c2cc(C3CC3)ccc2OC)C1. The third kappa shape index (κ3) is 7.71. The molecule has 6 nitrogen and oxygen atoms in total. The van der Waals surface area contributed by atoms with E-state index in [9.17, 15) is 9.90 Å².